The van der Waals surface area contributed by atoms with Gasteiger partial charge in [0.25, 0.3) is 0 Å². The Hall–Kier alpha value is -2.61. The molecule has 0 radical (unpaired) electrons. The number of aromatic carboxylic acids is 1. The van der Waals surface area contributed by atoms with E-state index in [1.165, 1.54) is 0 Å². The molecule has 1 heterocycles. The van der Waals surface area contributed by atoms with E-state index in [9.17, 15) is 9.90 Å². The number of methoxy groups -OCH3 is 3. The average molecular weight is 581 g/mol. The normalized spacial score (nSPS) is 18.9. The first kappa shape index (κ1) is 25.5. The topological polar surface area (TPSA) is 77.0 Å². The van der Waals surface area contributed by atoms with Crippen molar-refractivity contribution in [2.45, 2.75) is 18.9 Å². The summed E-state index contributed by atoms with van der Waals surface area (Å²) in [5.41, 5.74) is 3.26. The minimum atomic E-state index is -1.03. The van der Waals surface area contributed by atoms with Crippen molar-refractivity contribution in [2.75, 3.05) is 26.6 Å². The highest BCUT2D eigenvalue weighted by Crippen LogP contribution is 2.53. The lowest BCUT2D eigenvalue weighted by atomic mass is 9.72. The summed E-state index contributed by atoms with van der Waals surface area (Å²) >= 11 is 16.0. The third-order valence-corrected chi connectivity index (χ3v) is 7.62. The molecule has 0 aliphatic carbocycles. The fourth-order valence-electron chi connectivity index (χ4n) is 4.80. The Bertz CT molecular complexity index is 1300. The average Bonchev–Trinajstić information content (AvgIpc) is 2.84. The van der Waals surface area contributed by atoms with Gasteiger partial charge in [0, 0.05) is 22.0 Å². The number of ether oxygens (including phenoxy) is 3. The molecule has 0 aromatic heterocycles. The predicted molar refractivity (Wildman–Crippen MR) is 141 cm³/mol. The van der Waals surface area contributed by atoms with Gasteiger partial charge in [-0.05, 0) is 47.4 Å². The summed E-state index contributed by atoms with van der Waals surface area (Å²) < 4.78 is 17.5. The Morgan fingerprint density at radius 2 is 1.57 bits per heavy atom. The van der Waals surface area contributed by atoms with E-state index in [0.717, 1.165) is 16.7 Å². The number of fused-ring (bicyclic) bond motifs is 1. The number of carbonyl (C=O) groups is 1. The first-order valence-corrected chi connectivity index (χ1v) is 12.3. The number of carboxylic acids is 1. The van der Waals surface area contributed by atoms with Crippen LogP contribution in [-0.2, 0) is 0 Å². The SMILES string of the molecule is COc1cc(OC)c([C@H]2c3cc(Br)cc(C(=O)O)c3N[C@H](c3ccc(Cl)c(Cl)c3)[C@@H]2C)cc1OC. The zero-order valence-corrected chi connectivity index (χ0v) is 22.6. The van der Waals surface area contributed by atoms with E-state index >= 15 is 0 Å². The third-order valence-electron chi connectivity index (χ3n) is 6.42. The lowest BCUT2D eigenvalue weighted by Crippen LogP contribution is -2.32. The Labute approximate surface area is 222 Å². The van der Waals surface area contributed by atoms with Gasteiger partial charge in [0.15, 0.2) is 11.5 Å². The monoisotopic (exact) mass is 579 g/mol. The molecule has 0 unspecified atom stereocenters. The predicted octanol–water partition coefficient (Wildman–Crippen LogP) is 7.41. The van der Waals surface area contributed by atoms with Gasteiger partial charge in [0.1, 0.15) is 5.75 Å². The van der Waals surface area contributed by atoms with Crippen molar-refractivity contribution in [2.24, 2.45) is 5.92 Å². The van der Waals surface area contributed by atoms with Crippen LogP contribution in [0.15, 0.2) is 46.9 Å². The van der Waals surface area contributed by atoms with Crippen molar-refractivity contribution >= 4 is 50.8 Å². The highest BCUT2D eigenvalue weighted by Gasteiger charge is 2.39. The molecule has 1 aliphatic heterocycles. The van der Waals surface area contributed by atoms with Crippen LogP contribution in [-0.4, -0.2) is 32.4 Å². The molecule has 0 saturated heterocycles. The Kier molecular flexibility index (Phi) is 7.40. The number of nitrogens with one attached hydrogen (secondary N) is 1. The van der Waals surface area contributed by atoms with Gasteiger partial charge in [-0.15, -0.1) is 0 Å². The summed E-state index contributed by atoms with van der Waals surface area (Å²) in [7, 11) is 4.74. The van der Waals surface area contributed by atoms with Crippen molar-refractivity contribution in [3.63, 3.8) is 0 Å². The molecule has 0 bridgehead atoms. The van der Waals surface area contributed by atoms with E-state index in [-0.39, 0.29) is 23.4 Å². The van der Waals surface area contributed by atoms with Gasteiger partial charge >= 0.3 is 5.97 Å². The first-order valence-electron chi connectivity index (χ1n) is 10.8. The maximum absolute atomic E-state index is 12.2. The quantitative estimate of drug-likeness (QED) is 0.316. The van der Waals surface area contributed by atoms with Crippen molar-refractivity contribution in [1.82, 2.24) is 0 Å². The van der Waals surface area contributed by atoms with Crippen LogP contribution in [0.1, 0.15) is 45.9 Å². The largest absolute Gasteiger partial charge is 0.496 e. The molecule has 3 aromatic carbocycles. The fraction of sp³-hybridized carbons (Fsp3) is 0.269. The zero-order chi connectivity index (χ0) is 25.4. The van der Waals surface area contributed by atoms with Gasteiger partial charge in [-0.3, -0.25) is 0 Å². The van der Waals surface area contributed by atoms with E-state index in [1.807, 2.05) is 24.3 Å². The smallest absolute Gasteiger partial charge is 0.337 e. The van der Waals surface area contributed by atoms with E-state index in [2.05, 4.69) is 28.2 Å². The Morgan fingerprint density at radius 3 is 2.17 bits per heavy atom. The van der Waals surface area contributed by atoms with Crippen LogP contribution in [0.3, 0.4) is 0 Å². The van der Waals surface area contributed by atoms with Gasteiger partial charge in [0.05, 0.1) is 48.7 Å². The second-order valence-electron chi connectivity index (χ2n) is 8.30. The molecule has 4 rings (SSSR count). The van der Waals surface area contributed by atoms with E-state index in [0.29, 0.717) is 37.5 Å². The molecule has 6 nitrogen and oxygen atoms in total. The summed E-state index contributed by atoms with van der Waals surface area (Å²) in [5.74, 6) is 0.359. The molecule has 0 amide bonds. The Balaban J connectivity index is 2.01. The Morgan fingerprint density at radius 1 is 0.914 bits per heavy atom. The molecule has 35 heavy (non-hydrogen) atoms. The lowest BCUT2D eigenvalue weighted by molar-refractivity contribution is 0.0697. The zero-order valence-electron chi connectivity index (χ0n) is 19.5. The van der Waals surface area contributed by atoms with Crippen LogP contribution in [0.5, 0.6) is 17.2 Å². The highest BCUT2D eigenvalue weighted by molar-refractivity contribution is 9.10. The van der Waals surface area contributed by atoms with Crippen molar-refractivity contribution < 1.29 is 24.1 Å². The number of carboxylic acid groups (broad SMARTS) is 1. The molecule has 184 valence electrons. The van der Waals surface area contributed by atoms with Crippen LogP contribution in [0.4, 0.5) is 5.69 Å². The van der Waals surface area contributed by atoms with Crippen LogP contribution in [0, 0.1) is 5.92 Å². The van der Waals surface area contributed by atoms with Crippen LogP contribution >= 0.6 is 39.1 Å². The molecule has 0 saturated carbocycles. The van der Waals surface area contributed by atoms with Gasteiger partial charge < -0.3 is 24.6 Å². The molecular weight excluding hydrogens is 557 g/mol. The number of halogens is 3. The molecule has 0 spiro atoms. The molecule has 1 aliphatic rings. The number of rotatable bonds is 6. The fourth-order valence-corrected chi connectivity index (χ4v) is 5.59. The standard InChI is InChI=1S/C26H24BrCl2NO5/c1-12-23(15-10-21(34-3)22(35-4)11-20(15)33-2)16-8-14(27)9-17(26(31)32)25(16)30-24(12)13-5-6-18(28)19(29)7-13/h5-12,23-24,30H,1-4H3,(H,31,32)/t12-,23+,24+/m1/s1. The van der Waals surface area contributed by atoms with E-state index in [4.69, 9.17) is 37.4 Å². The van der Waals surface area contributed by atoms with Crippen molar-refractivity contribution in [3.05, 3.63) is 79.2 Å². The number of benzene rings is 3. The number of hydrogen-bond acceptors (Lipinski definition) is 5. The molecule has 0 fully saturated rings. The number of hydrogen-bond donors (Lipinski definition) is 2. The van der Waals surface area contributed by atoms with Gasteiger partial charge in [-0.25, -0.2) is 4.79 Å². The second kappa shape index (κ2) is 10.2. The van der Waals surface area contributed by atoms with Gasteiger partial charge in [-0.2, -0.15) is 0 Å². The minimum absolute atomic E-state index is 0.0531. The molecule has 9 heteroatoms. The van der Waals surface area contributed by atoms with Crippen LogP contribution < -0.4 is 19.5 Å². The second-order valence-corrected chi connectivity index (χ2v) is 10.0. The summed E-state index contributed by atoms with van der Waals surface area (Å²) in [6.07, 6.45) is 0. The van der Waals surface area contributed by atoms with Crippen molar-refractivity contribution in [3.8, 4) is 17.2 Å². The maximum Gasteiger partial charge on any atom is 0.337 e. The summed E-state index contributed by atoms with van der Waals surface area (Å²) in [5, 5.41) is 14.4. The summed E-state index contributed by atoms with van der Waals surface area (Å²) in [6.45, 7) is 2.10. The summed E-state index contributed by atoms with van der Waals surface area (Å²) in [6, 6.07) is 12.4. The maximum atomic E-state index is 12.2. The number of anilines is 1. The minimum Gasteiger partial charge on any atom is -0.496 e. The first-order chi connectivity index (χ1) is 16.7. The molecule has 3 aromatic rings. The van der Waals surface area contributed by atoms with E-state index < -0.39 is 5.97 Å². The van der Waals surface area contributed by atoms with Crippen LogP contribution in [0.2, 0.25) is 10.0 Å². The van der Waals surface area contributed by atoms with Gasteiger partial charge in [0.2, 0.25) is 0 Å². The molecular formula is C26H24BrCl2NO5. The molecule has 3 atom stereocenters. The van der Waals surface area contributed by atoms with Gasteiger partial charge in [-0.1, -0.05) is 52.1 Å². The molecule has 2 N–H and O–H groups in total. The van der Waals surface area contributed by atoms with Crippen LogP contribution in [0.25, 0.3) is 0 Å². The van der Waals surface area contributed by atoms with E-state index in [1.54, 1.807) is 39.5 Å². The van der Waals surface area contributed by atoms with Crippen molar-refractivity contribution in [1.29, 1.82) is 0 Å². The third kappa shape index (κ3) is 4.65. The summed E-state index contributed by atoms with van der Waals surface area (Å²) in [4.78, 5) is 12.2. The lowest BCUT2D eigenvalue weighted by Gasteiger charge is -2.41. The highest BCUT2D eigenvalue weighted by atomic mass is 79.9.